The molecule has 1 N–H and O–H groups in total. The summed E-state index contributed by atoms with van der Waals surface area (Å²) in [5.74, 6) is 1.15. The SMILES string of the molecule is COc1ccc(NC(=O)CSc2nc(=O)n(CCN(C)C)c3c2CCC3)cc1OC. The fourth-order valence-electron chi connectivity index (χ4n) is 3.48. The van der Waals surface area contributed by atoms with Crippen LogP contribution in [0.2, 0.25) is 0 Å². The van der Waals surface area contributed by atoms with Crippen LogP contribution >= 0.6 is 11.8 Å². The summed E-state index contributed by atoms with van der Waals surface area (Å²) in [6.45, 7) is 1.42. The summed E-state index contributed by atoms with van der Waals surface area (Å²) in [7, 11) is 7.08. The maximum absolute atomic E-state index is 12.6. The standard InChI is InChI=1S/C21H28N4O4S/c1-24(2)10-11-25-16-7-5-6-15(16)20(23-21(25)27)30-13-19(26)22-14-8-9-17(28-3)18(12-14)29-4/h8-9,12H,5-7,10-11,13H2,1-4H3,(H,22,26). The number of hydrogen-bond acceptors (Lipinski definition) is 7. The fraction of sp³-hybridized carbons (Fsp3) is 0.476. The third-order valence-electron chi connectivity index (χ3n) is 4.98. The number of nitrogens with zero attached hydrogens (tertiary/aromatic N) is 3. The molecular formula is C21H28N4O4S. The van der Waals surface area contributed by atoms with Crippen LogP contribution < -0.4 is 20.5 Å². The fourth-order valence-corrected chi connectivity index (χ4v) is 4.36. The van der Waals surface area contributed by atoms with E-state index < -0.39 is 0 Å². The number of amides is 1. The van der Waals surface area contributed by atoms with Crippen molar-refractivity contribution in [1.29, 1.82) is 0 Å². The topological polar surface area (TPSA) is 85.7 Å². The smallest absolute Gasteiger partial charge is 0.348 e. The number of benzene rings is 1. The number of ether oxygens (including phenoxy) is 2. The maximum atomic E-state index is 12.6. The van der Waals surface area contributed by atoms with Gasteiger partial charge in [-0.15, -0.1) is 0 Å². The molecule has 0 saturated heterocycles. The van der Waals surface area contributed by atoms with Gasteiger partial charge >= 0.3 is 5.69 Å². The number of hydrogen-bond donors (Lipinski definition) is 1. The van der Waals surface area contributed by atoms with E-state index in [0.717, 1.165) is 37.1 Å². The molecule has 1 amide bonds. The van der Waals surface area contributed by atoms with Crippen LogP contribution in [0.25, 0.3) is 0 Å². The van der Waals surface area contributed by atoms with Gasteiger partial charge in [0.15, 0.2) is 11.5 Å². The van der Waals surface area contributed by atoms with E-state index in [2.05, 4.69) is 15.2 Å². The van der Waals surface area contributed by atoms with Crippen LogP contribution in [0.5, 0.6) is 11.5 Å². The Morgan fingerprint density at radius 1 is 1.23 bits per heavy atom. The van der Waals surface area contributed by atoms with Crippen molar-refractivity contribution in [3.8, 4) is 11.5 Å². The van der Waals surface area contributed by atoms with E-state index in [1.54, 1.807) is 37.0 Å². The third-order valence-corrected chi connectivity index (χ3v) is 6.00. The Labute approximate surface area is 180 Å². The lowest BCUT2D eigenvalue weighted by atomic mass is 10.2. The quantitative estimate of drug-likeness (QED) is 0.479. The minimum absolute atomic E-state index is 0.169. The summed E-state index contributed by atoms with van der Waals surface area (Å²) in [6, 6.07) is 5.21. The van der Waals surface area contributed by atoms with Crippen LogP contribution in [0.15, 0.2) is 28.0 Å². The van der Waals surface area contributed by atoms with Crippen LogP contribution in [0.4, 0.5) is 5.69 Å². The molecule has 3 rings (SSSR count). The molecule has 0 atom stereocenters. The highest BCUT2D eigenvalue weighted by Crippen LogP contribution is 2.31. The molecular weight excluding hydrogens is 404 g/mol. The normalized spacial score (nSPS) is 12.7. The number of rotatable bonds is 9. The molecule has 9 heteroatoms. The molecule has 1 aromatic heterocycles. The van der Waals surface area contributed by atoms with Gasteiger partial charge < -0.3 is 19.7 Å². The first kappa shape index (κ1) is 22.2. The summed E-state index contributed by atoms with van der Waals surface area (Å²) < 4.78 is 12.3. The molecule has 0 unspecified atom stereocenters. The Bertz CT molecular complexity index is 974. The largest absolute Gasteiger partial charge is 0.493 e. The lowest BCUT2D eigenvalue weighted by molar-refractivity contribution is -0.113. The van der Waals surface area contributed by atoms with Crippen molar-refractivity contribution in [1.82, 2.24) is 14.5 Å². The number of likely N-dealkylation sites (N-methyl/N-ethyl adjacent to an activating group) is 1. The molecule has 0 aliphatic heterocycles. The van der Waals surface area contributed by atoms with Gasteiger partial charge in [0.2, 0.25) is 5.91 Å². The second-order valence-corrected chi connectivity index (χ2v) is 8.30. The van der Waals surface area contributed by atoms with Gasteiger partial charge in [0.25, 0.3) is 0 Å². The minimum atomic E-state index is -0.236. The van der Waals surface area contributed by atoms with E-state index in [1.807, 2.05) is 14.1 Å². The zero-order valence-electron chi connectivity index (χ0n) is 17.9. The monoisotopic (exact) mass is 432 g/mol. The average molecular weight is 433 g/mol. The predicted octanol–water partition coefficient (Wildman–Crippen LogP) is 2.04. The molecule has 1 aliphatic carbocycles. The average Bonchev–Trinajstić information content (AvgIpc) is 3.21. The lowest BCUT2D eigenvalue weighted by Gasteiger charge is -2.16. The molecule has 1 aromatic carbocycles. The van der Waals surface area contributed by atoms with Crippen molar-refractivity contribution in [2.24, 2.45) is 0 Å². The molecule has 1 aliphatic rings. The van der Waals surface area contributed by atoms with Gasteiger partial charge in [0.1, 0.15) is 5.03 Å². The number of fused-ring (bicyclic) bond motifs is 1. The second-order valence-electron chi connectivity index (χ2n) is 7.34. The molecule has 0 radical (unpaired) electrons. The highest BCUT2D eigenvalue weighted by atomic mass is 32.2. The summed E-state index contributed by atoms with van der Waals surface area (Å²) in [6.07, 6.45) is 2.78. The van der Waals surface area contributed by atoms with Crippen molar-refractivity contribution in [3.05, 3.63) is 39.9 Å². The third kappa shape index (κ3) is 5.14. The molecule has 8 nitrogen and oxygen atoms in total. The Kier molecular flexibility index (Phi) is 7.38. The molecule has 30 heavy (non-hydrogen) atoms. The zero-order valence-corrected chi connectivity index (χ0v) is 18.7. The zero-order chi connectivity index (χ0) is 21.7. The van der Waals surface area contributed by atoms with Crippen LogP contribution in [-0.4, -0.2) is 61.0 Å². The number of methoxy groups -OCH3 is 2. The molecule has 0 fully saturated rings. The highest BCUT2D eigenvalue weighted by molar-refractivity contribution is 8.00. The van der Waals surface area contributed by atoms with Gasteiger partial charge in [-0.3, -0.25) is 9.36 Å². The first-order valence-corrected chi connectivity index (χ1v) is 10.8. The van der Waals surface area contributed by atoms with E-state index in [4.69, 9.17) is 9.47 Å². The van der Waals surface area contributed by atoms with Crippen LogP contribution in [-0.2, 0) is 24.2 Å². The minimum Gasteiger partial charge on any atom is -0.493 e. The van der Waals surface area contributed by atoms with Crippen molar-refractivity contribution >= 4 is 23.4 Å². The van der Waals surface area contributed by atoms with Crippen molar-refractivity contribution in [2.45, 2.75) is 30.8 Å². The van der Waals surface area contributed by atoms with E-state index in [1.165, 1.54) is 11.8 Å². The molecule has 2 aromatic rings. The molecule has 0 bridgehead atoms. The van der Waals surface area contributed by atoms with E-state index in [-0.39, 0.29) is 17.3 Å². The van der Waals surface area contributed by atoms with Crippen molar-refractivity contribution in [3.63, 3.8) is 0 Å². The first-order chi connectivity index (χ1) is 14.4. The van der Waals surface area contributed by atoms with Crippen molar-refractivity contribution < 1.29 is 14.3 Å². The molecule has 0 saturated carbocycles. The molecule has 0 spiro atoms. The van der Waals surface area contributed by atoms with Gasteiger partial charge in [0.05, 0.1) is 20.0 Å². The number of thioether (sulfide) groups is 1. The van der Waals surface area contributed by atoms with Gasteiger partial charge in [-0.25, -0.2) is 4.79 Å². The Hall–Kier alpha value is -2.52. The highest BCUT2D eigenvalue weighted by Gasteiger charge is 2.22. The number of anilines is 1. The van der Waals surface area contributed by atoms with Crippen LogP contribution in [0.1, 0.15) is 17.7 Å². The number of carbonyl (C=O) groups excluding carboxylic acids is 1. The lowest BCUT2D eigenvalue weighted by Crippen LogP contribution is -2.31. The Morgan fingerprint density at radius 2 is 2.00 bits per heavy atom. The predicted molar refractivity (Wildman–Crippen MR) is 118 cm³/mol. The molecule has 1 heterocycles. The number of carbonyl (C=O) groups is 1. The number of nitrogens with one attached hydrogen (secondary N) is 1. The Morgan fingerprint density at radius 3 is 2.70 bits per heavy atom. The Balaban J connectivity index is 1.69. The van der Waals surface area contributed by atoms with Crippen LogP contribution in [0.3, 0.4) is 0 Å². The van der Waals surface area contributed by atoms with Gasteiger partial charge in [-0.05, 0) is 45.5 Å². The summed E-state index contributed by atoms with van der Waals surface area (Å²) in [5, 5.41) is 3.53. The molecule has 162 valence electrons. The van der Waals surface area contributed by atoms with E-state index >= 15 is 0 Å². The van der Waals surface area contributed by atoms with Gasteiger partial charge in [-0.2, -0.15) is 4.98 Å². The van der Waals surface area contributed by atoms with E-state index in [0.29, 0.717) is 28.8 Å². The first-order valence-electron chi connectivity index (χ1n) is 9.85. The number of aromatic nitrogens is 2. The van der Waals surface area contributed by atoms with Crippen LogP contribution in [0, 0.1) is 0 Å². The summed E-state index contributed by atoms with van der Waals surface area (Å²) in [4.78, 5) is 31.4. The van der Waals surface area contributed by atoms with Gasteiger partial charge in [0, 0.05) is 36.1 Å². The summed E-state index contributed by atoms with van der Waals surface area (Å²) >= 11 is 1.32. The van der Waals surface area contributed by atoms with Gasteiger partial charge in [-0.1, -0.05) is 11.8 Å². The van der Waals surface area contributed by atoms with E-state index in [9.17, 15) is 9.59 Å². The van der Waals surface area contributed by atoms with Crippen molar-refractivity contribution in [2.75, 3.05) is 45.9 Å². The maximum Gasteiger partial charge on any atom is 0.348 e. The summed E-state index contributed by atoms with van der Waals surface area (Å²) in [5.41, 5.74) is 2.56. The second kappa shape index (κ2) is 9.99.